The molecule has 1 aromatic heterocycles. The van der Waals surface area contributed by atoms with Gasteiger partial charge in [0.25, 0.3) is 0 Å². The average molecular weight is 424 g/mol. The topological polar surface area (TPSA) is 72.1 Å². The minimum absolute atomic E-state index is 0.116. The van der Waals surface area contributed by atoms with Crippen molar-refractivity contribution in [1.82, 2.24) is 4.90 Å². The van der Waals surface area contributed by atoms with Crippen molar-refractivity contribution in [3.8, 4) is 11.5 Å². The molecule has 0 amide bonds. The fourth-order valence-electron chi connectivity index (χ4n) is 3.26. The van der Waals surface area contributed by atoms with Gasteiger partial charge in [-0.2, -0.15) is 0 Å². The predicted molar refractivity (Wildman–Crippen MR) is 118 cm³/mol. The number of carbonyl (C=O) groups excluding carboxylic acids is 1. The Morgan fingerprint density at radius 1 is 1.06 bits per heavy atom. The summed E-state index contributed by atoms with van der Waals surface area (Å²) >= 11 is 0. The third kappa shape index (κ3) is 7.27. The smallest absolute Gasteiger partial charge is 0.150 e. The van der Waals surface area contributed by atoms with E-state index in [-0.39, 0.29) is 6.61 Å². The molecule has 1 heterocycles. The maximum absolute atomic E-state index is 10.9. The van der Waals surface area contributed by atoms with Crippen LogP contribution in [0.5, 0.6) is 11.5 Å². The third-order valence-electron chi connectivity index (χ3n) is 4.69. The summed E-state index contributed by atoms with van der Waals surface area (Å²) in [5, 5.41) is 10.6. The number of aliphatic hydroxyl groups is 1. The van der Waals surface area contributed by atoms with Gasteiger partial charge in [0.15, 0.2) is 0 Å². The van der Waals surface area contributed by atoms with E-state index in [2.05, 4.69) is 11.8 Å². The summed E-state index contributed by atoms with van der Waals surface area (Å²) in [4.78, 5) is 13.0. The van der Waals surface area contributed by atoms with E-state index < -0.39 is 6.10 Å². The number of rotatable bonds is 13. The standard InChI is InChI=1S/C25H29NO5/c1-2-12-30-25-11-4-3-8-21(25)15-26(17-24-10-6-13-29-24)16-22(28)19-31-23-9-5-7-20(14-23)18-27/h3-11,13-14,18,22,28H,2,12,15-17,19H2,1H3. The summed E-state index contributed by atoms with van der Waals surface area (Å²) < 4.78 is 17.1. The lowest BCUT2D eigenvalue weighted by Crippen LogP contribution is -2.35. The molecular weight excluding hydrogens is 394 g/mol. The number of hydrogen-bond acceptors (Lipinski definition) is 6. The van der Waals surface area contributed by atoms with Crippen LogP contribution >= 0.6 is 0 Å². The van der Waals surface area contributed by atoms with Crippen LogP contribution in [0.25, 0.3) is 0 Å². The van der Waals surface area contributed by atoms with Crippen LogP contribution in [0.3, 0.4) is 0 Å². The zero-order valence-electron chi connectivity index (χ0n) is 17.8. The molecule has 6 heteroatoms. The van der Waals surface area contributed by atoms with Gasteiger partial charge in [0.1, 0.15) is 36.3 Å². The minimum atomic E-state index is -0.724. The minimum Gasteiger partial charge on any atom is -0.493 e. The molecule has 0 fully saturated rings. The SMILES string of the molecule is CCCOc1ccccc1CN(Cc1ccco1)CC(O)COc1cccc(C=O)c1. The van der Waals surface area contributed by atoms with Crippen molar-refractivity contribution in [2.75, 3.05) is 19.8 Å². The van der Waals surface area contributed by atoms with Gasteiger partial charge in [-0.05, 0) is 36.8 Å². The number of hydrogen-bond donors (Lipinski definition) is 1. The molecule has 0 spiro atoms. The molecule has 1 unspecified atom stereocenters. The first kappa shape index (κ1) is 22.6. The van der Waals surface area contributed by atoms with Crippen LogP contribution in [-0.2, 0) is 13.1 Å². The molecular formula is C25H29NO5. The number of aldehydes is 1. The Balaban J connectivity index is 1.65. The molecule has 0 aliphatic carbocycles. The van der Waals surface area contributed by atoms with Gasteiger partial charge in [0, 0.05) is 24.2 Å². The summed E-state index contributed by atoms with van der Waals surface area (Å²) in [6, 6.07) is 18.6. The monoisotopic (exact) mass is 423 g/mol. The molecule has 1 N–H and O–H groups in total. The largest absolute Gasteiger partial charge is 0.493 e. The quantitative estimate of drug-likeness (QED) is 0.413. The van der Waals surface area contributed by atoms with Gasteiger partial charge in [0.2, 0.25) is 0 Å². The van der Waals surface area contributed by atoms with Crippen LogP contribution in [0, 0.1) is 0 Å². The Hall–Kier alpha value is -3.09. The Morgan fingerprint density at radius 3 is 2.71 bits per heavy atom. The summed E-state index contributed by atoms with van der Waals surface area (Å²) in [7, 11) is 0. The first-order chi connectivity index (χ1) is 15.2. The van der Waals surface area contributed by atoms with Gasteiger partial charge in [-0.25, -0.2) is 0 Å². The summed E-state index contributed by atoms with van der Waals surface area (Å²) in [5.41, 5.74) is 1.59. The number of furan rings is 1. The summed E-state index contributed by atoms with van der Waals surface area (Å²) in [6.45, 7) is 4.38. The van der Waals surface area contributed by atoms with Crippen LogP contribution in [-0.4, -0.2) is 42.2 Å². The number of benzene rings is 2. The molecule has 3 aromatic rings. The van der Waals surface area contributed by atoms with Crippen molar-refractivity contribution in [2.24, 2.45) is 0 Å². The lowest BCUT2D eigenvalue weighted by atomic mass is 10.1. The van der Waals surface area contributed by atoms with Crippen molar-refractivity contribution in [2.45, 2.75) is 32.5 Å². The summed E-state index contributed by atoms with van der Waals surface area (Å²) in [5.74, 6) is 2.23. The first-order valence-corrected chi connectivity index (χ1v) is 10.5. The van der Waals surface area contributed by atoms with E-state index in [9.17, 15) is 9.90 Å². The Morgan fingerprint density at radius 2 is 1.94 bits per heavy atom. The molecule has 0 bridgehead atoms. The van der Waals surface area contributed by atoms with Gasteiger partial charge < -0.3 is 19.0 Å². The van der Waals surface area contributed by atoms with Gasteiger partial charge in [0.05, 0.1) is 19.4 Å². The van der Waals surface area contributed by atoms with Gasteiger partial charge in [-0.1, -0.05) is 37.3 Å². The van der Waals surface area contributed by atoms with Gasteiger partial charge in [-0.15, -0.1) is 0 Å². The lowest BCUT2D eigenvalue weighted by molar-refractivity contribution is 0.0601. The molecule has 164 valence electrons. The summed E-state index contributed by atoms with van der Waals surface area (Å²) in [6.07, 6.45) is 2.63. The van der Waals surface area contributed by atoms with Crippen molar-refractivity contribution < 1.29 is 23.8 Å². The highest BCUT2D eigenvalue weighted by Gasteiger charge is 2.17. The van der Waals surface area contributed by atoms with Crippen LogP contribution in [0.1, 0.15) is 35.0 Å². The maximum Gasteiger partial charge on any atom is 0.150 e. The highest BCUT2D eigenvalue weighted by molar-refractivity contribution is 5.75. The van der Waals surface area contributed by atoms with E-state index >= 15 is 0 Å². The van der Waals surface area contributed by atoms with Crippen LogP contribution < -0.4 is 9.47 Å². The van der Waals surface area contributed by atoms with Crippen molar-refractivity contribution in [3.63, 3.8) is 0 Å². The molecule has 6 nitrogen and oxygen atoms in total. The van der Waals surface area contributed by atoms with Crippen LogP contribution in [0.4, 0.5) is 0 Å². The van der Waals surface area contributed by atoms with Crippen LogP contribution in [0.15, 0.2) is 71.3 Å². The normalized spacial score (nSPS) is 12.0. The highest BCUT2D eigenvalue weighted by Crippen LogP contribution is 2.22. The second kappa shape index (κ2) is 11.9. The van der Waals surface area contributed by atoms with E-state index in [0.717, 1.165) is 29.8 Å². The zero-order valence-corrected chi connectivity index (χ0v) is 17.8. The lowest BCUT2D eigenvalue weighted by Gasteiger charge is -2.25. The number of carbonyl (C=O) groups is 1. The predicted octanol–water partition coefficient (Wildman–Crippen LogP) is 4.32. The zero-order chi connectivity index (χ0) is 21.9. The van der Waals surface area contributed by atoms with Crippen LogP contribution in [0.2, 0.25) is 0 Å². The van der Waals surface area contributed by atoms with Crippen molar-refractivity contribution in [3.05, 3.63) is 83.8 Å². The second-order valence-corrected chi connectivity index (χ2v) is 7.36. The number of aliphatic hydroxyl groups excluding tert-OH is 1. The molecule has 0 aliphatic heterocycles. The molecule has 0 saturated heterocycles. The van der Waals surface area contributed by atoms with E-state index in [4.69, 9.17) is 13.9 Å². The van der Waals surface area contributed by atoms with Crippen molar-refractivity contribution >= 4 is 6.29 Å². The molecule has 3 rings (SSSR count). The fourth-order valence-corrected chi connectivity index (χ4v) is 3.26. The highest BCUT2D eigenvalue weighted by atomic mass is 16.5. The molecule has 0 aliphatic rings. The molecule has 1 atom stereocenters. The fraction of sp³-hybridized carbons (Fsp3) is 0.320. The van der Waals surface area contributed by atoms with E-state index in [1.165, 1.54) is 0 Å². The first-order valence-electron chi connectivity index (χ1n) is 10.5. The third-order valence-corrected chi connectivity index (χ3v) is 4.69. The van der Waals surface area contributed by atoms with Gasteiger partial charge in [-0.3, -0.25) is 9.69 Å². The van der Waals surface area contributed by atoms with E-state index in [0.29, 0.717) is 37.6 Å². The molecule has 0 saturated carbocycles. The molecule has 2 aromatic carbocycles. The van der Waals surface area contributed by atoms with Crippen molar-refractivity contribution in [1.29, 1.82) is 0 Å². The second-order valence-electron chi connectivity index (χ2n) is 7.36. The number of para-hydroxylation sites is 1. The molecule has 0 radical (unpaired) electrons. The maximum atomic E-state index is 10.9. The van der Waals surface area contributed by atoms with Gasteiger partial charge >= 0.3 is 0 Å². The molecule has 31 heavy (non-hydrogen) atoms. The Kier molecular flexibility index (Phi) is 8.70. The average Bonchev–Trinajstić information content (AvgIpc) is 3.30. The van der Waals surface area contributed by atoms with E-state index in [1.807, 2.05) is 36.4 Å². The van der Waals surface area contributed by atoms with E-state index in [1.54, 1.807) is 30.5 Å². The number of ether oxygens (including phenoxy) is 2. The number of nitrogens with zero attached hydrogens (tertiary/aromatic N) is 1. The Bertz CT molecular complexity index is 925. The Labute approximate surface area is 183 Å².